The molecule has 23 heavy (non-hydrogen) atoms. The number of carbonyl (C=O) groups is 1. The second-order valence-corrected chi connectivity index (χ2v) is 5.38. The summed E-state index contributed by atoms with van der Waals surface area (Å²) in [4.78, 5) is 23.7. The summed E-state index contributed by atoms with van der Waals surface area (Å²) in [5.74, 6) is -0.181. The Morgan fingerprint density at radius 3 is 2.65 bits per heavy atom. The minimum absolute atomic E-state index is 0.236. The number of aryl methyl sites for hydroxylation is 2. The summed E-state index contributed by atoms with van der Waals surface area (Å²) in [5, 5.41) is 0. The number of hydrogen-bond donors (Lipinski definition) is 0. The molecule has 118 valence electrons. The molecule has 1 heterocycles. The van der Waals surface area contributed by atoms with Crippen LogP contribution in [0.15, 0.2) is 57.7 Å². The molecule has 0 saturated heterocycles. The first-order chi connectivity index (χ1) is 11.1. The Hall–Kier alpha value is -2.82. The van der Waals surface area contributed by atoms with Crippen LogP contribution in [-0.4, -0.2) is 10.5 Å². The molecular weight excluding hydrogens is 294 g/mol. The van der Waals surface area contributed by atoms with Gasteiger partial charge < -0.3 is 9.15 Å². The molecular formula is C18H17NO4. The monoisotopic (exact) mass is 311 g/mol. The molecule has 0 saturated carbocycles. The van der Waals surface area contributed by atoms with Crippen LogP contribution in [0.1, 0.15) is 18.4 Å². The molecule has 3 aromatic rings. The Labute approximate surface area is 133 Å². The number of esters is 1. The third-order valence-electron chi connectivity index (χ3n) is 3.59. The maximum absolute atomic E-state index is 11.8. The first-order valence-corrected chi connectivity index (χ1v) is 7.49. The first-order valence-electron chi connectivity index (χ1n) is 7.49. The van der Waals surface area contributed by atoms with Gasteiger partial charge in [-0.25, -0.2) is 4.79 Å². The highest BCUT2D eigenvalue weighted by molar-refractivity contribution is 5.73. The molecule has 0 fully saturated rings. The number of para-hydroxylation sites is 2. The lowest BCUT2D eigenvalue weighted by molar-refractivity contribution is -0.134. The number of fused-ring (bicyclic) bond motifs is 1. The summed E-state index contributed by atoms with van der Waals surface area (Å²) in [6.45, 7) is 2.39. The number of benzene rings is 2. The molecule has 0 amide bonds. The summed E-state index contributed by atoms with van der Waals surface area (Å²) in [6, 6.07) is 14.5. The highest BCUT2D eigenvalue weighted by atomic mass is 16.5. The SMILES string of the molecule is Cc1ccc(OC(=O)CCCn2c(=O)oc3ccccc32)cc1. The number of rotatable bonds is 5. The molecule has 0 aliphatic carbocycles. The molecule has 2 aromatic carbocycles. The summed E-state index contributed by atoms with van der Waals surface area (Å²) in [5.41, 5.74) is 2.40. The molecule has 0 unspecified atom stereocenters. The highest BCUT2D eigenvalue weighted by Crippen LogP contribution is 2.14. The highest BCUT2D eigenvalue weighted by Gasteiger charge is 2.10. The standard InChI is InChI=1S/C18H17NO4/c1-13-8-10-14(11-9-13)22-17(20)7-4-12-19-15-5-2-3-6-16(15)23-18(19)21/h2-3,5-6,8-11H,4,7,12H2,1H3. The molecule has 0 bridgehead atoms. The van der Waals surface area contributed by atoms with E-state index in [1.165, 1.54) is 4.57 Å². The van der Waals surface area contributed by atoms with Gasteiger partial charge in [0.1, 0.15) is 5.75 Å². The zero-order valence-electron chi connectivity index (χ0n) is 12.8. The van der Waals surface area contributed by atoms with E-state index in [4.69, 9.17) is 9.15 Å². The van der Waals surface area contributed by atoms with Crippen molar-refractivity contribution in [3.05, 3.63) is 64.6 Å². The van der Waals surface area contributed by atoms with Gasteiger partial charge in [-0.3, -0.25) is 9.36 Å². The third kappa shape index (κ3) is 3.51. The molecule has 5 heteroatoms. The van der Waals surface area contributed by atoms with Gasteiger partial charge in [0.25, 0.3) is 0 Å². The smallest absolute Gasteiger partial charge is 0.419 e. The normalized spacial score (nSPS) is 10.8. The fourth-order valence-electron chi connectivity index (χ4n) is 2.40. The number of hydrogen-bond acceptors (Lipinski definition) is 4. The molecule has 1 aromatic heterocycles. The Balaban J connectivity index is 1.58. The second-order valence-electron chi connectivity index (χ2n) is 5.38. The predicted octanol–water partition coefficient (Wildman–Crippen LogP) is 3.29. The largest absolute Gasteiger partial charge is 0.427 e. The fraction of sp³-hybridized carbons (Fsp3) is 0.222. The molecule has 0 aliphatic rings. The van der Waals surface area contributed by atoms with Crippen LogP contribution in [0.2, 0.25) is 0 Å². The quantitative estimate of drug-likeness (QED) is 0.536. The van der Waals surface area contributed by atoms with Crippen molar-refractivity contribution < 1.29 is 13.9 Å². The van der Waals surface area contributed by atoms with Crippen LogP contribution in [0.3, 0.4) is 0 Å². The number of ether oxygens (including phenoxy) is 1. The van der Waals surface area contributed by atoms with Crippen LogP contribution in [0.5, 0.6) is 5.75 Å². The van der Waals surface area contributed by atoms with Gasteiger partial charge in [-0.1, -0.05) is 29.8 Å². The maximum Gasteiger partial charge on any atom is 0.419 e. The average Bonchev–Trinajstić information content (AvgIpc) is 2.86. The van der Waals surface area contributed by atoms with Crippen LogP contribution >= 0.6 is 0 Å². The molecule has 0 atom stereocenters. The van der Waals surface area contributed by atoms with Crippen LogP contribution < -0.4 is 10.5 Å². The van der Waals surface area contributed by atoms with Crippen molar-refractivity contribution in [2.24, 2.45) is 0 Å². The van der Waals surface area contributed by atoms with E-state index in [-0.39, 0.29) is 12.4 Å². The predicted molar refractivity (Wildman–Crippen MR) is 86.5 cm³/mol. The lowest BCUT2D eigenvalue weighted by Gasteiger charge is -2.05. The summed E-state index contributed by atoms with van der Waals surface area (Å²) >= 11 is 0. The Kier molecular flexibility index (Phi) is 4.28. The second kappa shape index (κ2) is 6.52. The van der Waals surface area contributed by atoms with E-state index in [1.807, 2.05) is 37.3 Å². The molecule has 0 aliphatic heterocycles. The fourth-order valence-corrected chi connectivity index (χ4v) is 2.40. The van der Waals surface area contributed by atoms with Crippen LogP contribution in [-0.2, 0) is 11.3 Å². The van der Waals surface area contributed by atoms with E-state index in [0.717, 1.165) is 11.1 Å². The van der Waals surface area contributed by atoms with Gasteiger partial charge in [0.05, 0.1) is 5.52 Å². The van der Waals surface area contributed by atoms with E-state index in [9.17, 15) is 9.59 Å². The summed E-state index contributed by atoms with van der Waals surface area (Å²) in [7, 11) is 0. The van der Waals surface area contributed by atoms with Crippen molar-refractivity contribution in [3.8, 4) is 5.75 Å². The van der Waals surface area contributed by atoms with Gasteiger partial charge in [-0.05, 0) is 37.6 Å². The first kappa shape index (κ1) is 15.1. The molecule has 3 rings (SSSR count). The third-order valence-corrected chi connectivity index (χ3v) is 3.59. The molecule has 0 radical (unpaired) electrons. The van der Waals surface area contributed by atoms with Gasteiger partial charge in [-0.15, -0.1) is 0 Å². The number of carbonyl (C=O) groups excluding carboxylic acids is 1. The van der Waals surface area contributed by atoms with Crippen LogP contribution in [0.25, 0.3) is 11.1 Å². The van der Waals surface area contributed by atoms with E-state index in [2.05, 4.69) is 0 Å². The average molecular weight is 311 g/mol. The van der Waals surface area contributed by atoms with Crippen LogP contribution in [0, 0.1) is 6.92 Å². The molecule has 0 N–H and O–H groups in total. The lowest BCUT2D eigenvalue weighted by atomic mass is 10.2. The van der Waals surface area contributed by atoms with Gasteiger partial charge >= 0.3 is 11.7 Å². The van der Waals surface area contributed by atoms with Gasteiger partial charge in [-0.2, -0.15) is 0 Å². The van der Waals surface area contributed by atoms with Gasteiger partial charge in [0.15, 0.2) is 5.58 Å². The zero-order chi connectivity index (χ0) is 16.2. The summed E-state index contributed by atoms with van der Waals surface area (Å²) < 4.78 is 11.9. The summed E-state index contributed by atoms with van der Waals surface area (Å²) in [6.07, 6.45) is 0.744. The van der Waals surface area contributed by atoms with E-state index in [0.29, 0.717) is 24.3 Å². The van der Waals surface area contributed by atoms with Crippen molar-refractivity contribution in [2.75, 3.05) is 0 Å². The molecule has 5 nitrogen and oxygen atoms in total. The van der Waals surface area contributed by atoms with Gasteiger partial charge in [0.2, 0.25) is 0 Å². The van der Waals surface area contributed by atoms with Crippen LogP contribution in [0.4, 0.5) is 0 Å². The van der Waals surface area contributed by atoms with Crippen molar-refractivity contribution in [2.45, 2.75) is 26.3 Å². The van der Waals surface area contributed by atoms with Gasteiger partial charge in [0, 0.05) is 13.0 Å². The van der Waals surface area contributed by atoms with E-state index < -0.39 is 5.76 Å². The number of oxazole rings is 1. The Morgan fingerprint density at radius 1 is 1.13 bits per heavy atom. The topological polar surface area (TPSA) is 61.4 Å². The van der Waals surface area contributed by atoms with Crippen molar-refractivity contribution in [3.63, 3.8) is 0 Å². The number of nitrogens with zero attached hydrogens (tertiary/aromatic N) is 1. The Bertz CT molecular complexity index is 874. The van der Waals surface area contributed by atoms with E-state index >= 15 is 0 Å². The van der Waals surface area contributed by atoms with Crippen molar-refractivity contribution in [1.29, 1.82) is 0 Å². The maximum atomic E-state index is 11.8. The Morgan fingerprint density at radius 2 is 1.87 bits per heavy atom. The van der Waals surface area contributed by atoms with Crippen molar-refractivity contribution >= 4 is 17.1 Å². The zero-order valence-corrected chi connectivity index (χ0v) is 12.8. The lowest BCUT2D eigenvalue weighted by Crippen LogP contribution is -2.16. The van der Waals surface area contributed by atoms with E-state index in [1.54, 1.807) is 18.2 Å². The molecule has 0 spiro atoms. The minimum Gasteiger partial charge on any atom is -0.427 e. The van der Waals surface area contributed by atoms with Crippen molar-refractivity contribution in [1.82, 2.24) is 4.57 Å². The minimum atomic E-state index is -0.405. The number of aromatic nitrogens is 1.